The summed E-state index contributed by atoms with van der Waals surface area (Å²) in [5.41, 5.74) is 0.160. The first-order valence-corrected chi connectivity index (χ1v) is 7.75. The highest BCUT2D eigenvalue weighted by Gasteiger charge is 2.28. The summed E-state index contributed by atoms with van der Waals surface area (Å²) in [6.07, 6.45) is 5.47. The molecule has 0 saturated heterocycles. The first-order chi connectivity index (χ1) is 9.48. The van der Waals surface area contributed by atoms with Gasteiger partial charge in [-0.2, -0.15) is 5.26 Å². The molecule has 4 heteroatoms. The Morgan fingerprint density at radius 3 is 2.55 bits per heavy atom. The van der Waals surface area contributed by atoms with Gasteiger partial charge in [-0.3, -0.25) is 4.79 Å². The van der Waals surface area contributed by atoms with E-state index >= 15 is 0 Å². The van der Waals surface area contributed by atoms with E-state index in [1.807, 2.05) is 6.92 Å². The third kappa shape index (κ3) is 5.92. The number of nitrogens with one attached hydrogen (secondary N) is 1. The molecule has 114 valence electrons. The molecular formula is C16H28N2O2. The van der Waals surface area contributed by atoms with Gasteiger partial charge in [0.1, 0.15) is 0 Å². The molecule has 0 amide bonds. The van der Waals surface area contributed by atoms with E-state index in [1.54, 1.807) is 0 Å². The van der Waals surface area contributed by atoms with Crippen LogP contribution in [-0.2, 0) is 9.53 Å². The monoisotopic (exact) mass is 280 g/mol. The summed E-state index contributed by atoms with van der Waals surface area (Å²) in [5, 5.41) is 12.3. The first kappa shape index (κ1) is 17.0. The van der Waals surface area contributed by atoms with Crippen LogP contribution in [0.1, 0.15) is 59.3 Å². The standard InChI is InChI=1S/C16H28N2O2/c1-4-20-15(19)13-6-8-14(9-7-13)18-12-16(2,3)10-5-11-17/h13-14,18H,4-10,12H2,1-3H3. The van der Waals surface area contributed by atoms with Crippen LogP contribution in [0.5, 0.6) is 0 Å². The maximum absolute atomic E-state index is 11.7. The van der Waals surface area contributed by atoms with Gasteiger partial charge >= 0.3 is 5.97 Å². The number of hydrogen-bond acceptors (Lipinski definition) is 4. The zero-order valence-electron chi connectivity index (χ0n) is 13.1. The summed E-state index contributed by atoms with van der Waals surface area (Å²) in [6.45, 7) is 7.66. The van der Waals surface area contributed by atoms with Crippen molar-refractivity contribution in [3.05, 3.63) is 0 Å². The molecule has 20 heavy (non-hydrogen) atoms. The number of rotatable bonds is 7. The quantitative estimate of drug-likeness (QED) is 0.728. The first-order valence-electron chi connectivity index (χ1n) is 7.75. The van der Waals surface area contributed by atoms with Gasteiger partial charge in [-0.1, -0.05) is 13.8 Å². The third-order valence-electron chi connectivity index (χ3n) is 4.13. The SMILES string of the molecule is CCOC(=O)C1CCC(NCC(C)(C)CCC#N)CC1. The fourth-order valence-electron chi connectivity index (χ4n) is 2.70. The Morgan fingerprint density at radius 2 is 2.00 bits per heavy atom. The minimum Gasteiger partial charge on any atom is -0.466 e. The second kappa shape index (κ2) is 8.26. The molecule has 0 spiro atoms. The minimum absolute atomic E-state index is 0.0275. The maximum Gasteiger partial charge on any atom is 0.308 e. The fourth-order valence-corrected chi connectivity index (χ4v) is 2.70. The lowest BCUT2D eigenvalue weighted by atomic mass is 9.84. The average molecular weight is 280 g/mol. The van der Waals surface area contributed by atoms with Crippen LogP contribution in [0.25, 0.3) is 0 Å². The Hall–Kier alpha value is -1.08. The molecule has 1 saturated carbocycles. The summed E-state index contributed by atoms with van der Waals surface area (Å²) in [6, 6.07) is 2.71. The van der Waals surface area contributed by atoms with Gasteiger partial charge in [0.15, 0.2) is 0 Å². The summed E-state index contributed by atoms with van der Waals surface area (Å²) >= 11 is 0. The van der Waals surface area contributed by atoms with E-state index in [4.69, 9.17) is 10.00 Å². The van der Waals surface area contributed by atoms with Crippen LogP contribution in [0.4, 0.5) is 0 Å². The van der Waals surface area contributed by atoms with Gasteiger partial charge < -0.3 is 10.1 Å². The molecule has 0 aromatic carbocycles. The summed E-state index contributed by atoms with van der Waals surface area (Å²) in [5.74, 6) is 0.0694. The van der Waals surface area contributed by atoms with E-state index < -0.39 is 0 Å². The number of nitriles is 1. The molecule has 0 radical (unpaired) electrons. The normalized spacial score (nSPS) is 23.1. The Labute approximate surface area is 122 Å². The molecule has 1 N–H and O–H groups in total. The average Bonchev–Trinajstić information content (AvgIpc) is 2.44. The molecule has 1 aliphatic rings. The number of carbonyl (C=O) groups is 1. The van der Waals surface area contributed by atoms with E-state index in [-0.39, 0.29) is 17.3 Å². The van der Waals surface area contributed by atoms with Crippen molar-refractivity contribution in [2.75, 3.05) is 13.2 Å². The molecule has 0 aliphatic heterocycles. The molecule has 0 aromatic rings. The van der Waals surface area contributed by atoms with E-state index in [9.17, 15) is 4.79 Å². The Bertz CT molecular complexity index is 339. The molecular weight excluding hydrogens is 252 g/mol. The molecule has 1 aliphatic carbocycles. The van der Waals surface area contributed by atoms with Crippen molar-refractivity contribution in [3.63, 3.8) is 0 Å². The maximum atomic E-state index is 11.7. The summed E-state index contributed by atoms with van der Waals surface area (Å²) in [4.78, 5) is 11.7. The number of ether oxygens (including phenoxy) is 1. The zero-order valence-corrected chi connectivity index (χ0v) is 13.1. The van der Waals surface area contributed by atoms with Gasteiger partial charge in [0.05, 0.1) is 18.6 Å². The van der Waals surface area contributed by atoms with E-state index in [0.29, 0.717) is 19.1 Å². The van der Waals surface area contributed by atoms with Crippen LogP contribution in [0.3, 0.4) is 0 Å². The van der Waals surface area contributed by atoms with E-state index in [0.717, 1.165) is 38.6 Å². The van der Waals surface area contributed by atoms with Crippen molar-refractivity contribution in [2.45, 2.75) is 65.3 Å². The minimum atomic E-state index is -0.0275. The summed E-state index contributed by atoms with van der Waals surface area (Å²) < 4.78 is 5.09. The van der Waals surface area contributed by atoms with Gasteiger partial charge in [-0.05, 0) is 44.4 Å². The van der Waals surface area contributed by atoms with Crippen molar-refractivity contribution in [1.29, 1.82) is 5.26 Å². The third-order valence-corrected chi connectivity index (χ3v) is 4.13. The van der Waals surface area contributed by atoms with E-state index in [1.165, 1.54) is 0 Å². The van der Waals surface area contributed by atoms with Crippen LogP contribution < -0.4 is 5.32 Å². The lowest BCUT2D eigenvalue weighted by molar-refractivity contribution is -0.149. The number of carbonyl (C=O) groups excluding carboxylic acids is 1. The lowest BCUT2D eigenvalue weighted by Gasteiger charge is -2.31. The second-order valence-corrected chi connectivity index (χ2v) is 6.50. The Kier molecular flexibility index (Phi) is 7.01. The van der Waals surface area contributed by atoms with Crippen molar-refractivity contribution in [3.8, 4) is 6.07 Å². The van der Waals surface area contributed by atoms with Gasteiger partial charge in [0.25, 0.3) is 0 Å². The van der Waals surface area contributed by atoms with E-state index in [2.05, 4.69) is 25.2 Å². The molecule has 0 atom stereocenters. The highest BCUT2D eigenvalue weighted by Crippen LogP contribution is 2.27. The molecule has 0 heterocycles. The molecule has 1 rings (SSSR count). The van der Waals surface area contributed by atoms with Crippen molar-refractivity contribution in [1.82, 2.24) is 5.32 Å². The van der Waals surface area contributed by atoms with Crippen LogP contribution in [0, 0.1) is 22.7 Å². The molecule has 0 aromatic heterocycles. The van der Waals surface area contributed by atoms with Crippen LogP contribution in [0.2, 0.25) is 0 Å². The predicted octanol–water partition coefficient (Wildman–Crippen LogP) is 3.03. The van der Waals surface area contributed by atoms with Crippen LogP contribution in [-0.4, -0.2) is 25.2 Å². The van der Waals surface area contributed by atoms with Gasteiger partial charge in [-0.15, -0.1) is 0 Å². The highest BCUT2D eigenvalue weighted by atomic mass is 16.5. The van der Waals surface area contributed by atoms with Gasteiger partial charge in [0, 0.05) is 19.0 Å². The van der Waals surface area contributed by atoms with Crippen molar-refractivity contribution < 1.29 is 9.53 Å². The number of nitrogens with zero attached hydrogens (tertiary/aromatic N) is 1. The molecule has 0 unspecified atom stereocenters. The Morgan fingerprint density at radius 1 is 1.35 bits per heavy atom. The predicted molar refractivity (Wildman–Crippen MR) is 79.0 cm³/mol. The lowest BCUT2D eigenvalue weighted by Crippen LogP contribution is -2.40. The van der Waals surface area contributed by atoms with Gasteiger partial charge in [0.2, 0.25) is 0 Å². The second-order valence-electron chi connectivity index (χ2n) is 6.50. The summed E-state index contributed by atoms with van der Waals surface area (Å²) in [7, 11) is 0. The molecule has 4 nitrogen and oxygen atoms in total. The van der Waals surface area contributed by atoms with Crippen LogP contribution in [0.15, 0.2) is 0 Å². The fraction of sp³-hybridized carbons (Fsp3) is 0.875. The van der Waals surface area contributed by atoms with Crippen molar-refractivity contribution in [2.24, 2.45) is 11.3 Å². The smallest absolute Gasteiger partial charge is 0.308 e. The number of esters is 1. The number of hydrogen-bond donors (Lipinski definition) is 1. The largest absolute Gasteiger partial charge is 0.466 e. The molecule has 0 bridgehead atoms. The Balaban J connectivity index is 2.26. The van der Waals surface area contributed by atoms with Crippen molar-refractivity contribution >= 4 is 5.97 Å². The molecule has 1 fully saturated rings. The highest BCUT2D eigenvalue weighted by molar-refractivity contribution is 5.72. The van der Waals surface area contributed by atoms with Gasteiger partial charge in [-0.25, -0.2) is 0 Å². The zero-order chi connectivity index (χ0) is 15.0. The van der Waals surface area contributed by atoms with Crippen LogP contribution >= 0.6 is 0 Å². The topological polar surface area (TPSA) is 62.1 Å².